The second-order valence-electron chi connectivity index (χ2n) is 6.27. The number of anilines is 1. The molecule has 0 aliphatic heterocycles. The van der Waals surface area contributed by atoms with Gasteiger partial charge in [0.15, 0.2) is 17.2 Å². The van der Waals surface area contributed by atoms with Gasteiger partial charge in [-0.1, -0.05) is 6.07 Å². The Balaban J connectivity index is 1.76. The van der Waals surface area contributed by atoms with Crippen LogP contribution in [0.5, 0.6) is 5.75 Å². The molecule has 4 rings (SSSR count). The van der Waals surface area contributed by atoms with Crippen molar-refractivity contribution in [2.45, 2.75) is 4.90 Å². The zero-order chi connectivity index (χ0) is 21.3. The SMILES string of the molecule is COc1ccc(-c2ccnc3c(N=Nc4cccc(S(N)(=O)=O)c4)c(N)nn23)cc1. The maximum absolute atomic E-state index is 11.5. The number of nitrogen functional groups attached to an aromatic ring is 1. The summed E-state index contributed by atoms with van der Waals surface area (Å²) in [6.07, 6.45) is 1.62. The Hall–Kier alpha value is -3.83. The highest BCUT2D eigenvalue weighted by molar-refractivity contribution is 7.89. The van der Waals surface area contributed by atoms with E-state index in [-0.39, 0.29) is 16.4 Å². The number of primary sulfonamides is 1. The molecule has 0 aliphatic rings. The lowest BCUT2D eigenvalue weighted by Gasteiger charge is -2.05. The van der Waals surface area contributed by atoms with Gasteiger partial charge in [-0.3, -0.25) is 0 Å². The molecule has 0 fully saturated rings. The van der Waals surface area contributed by atoms with E-state index in [4.69, 9.17) is 15.6 Å². The van der Waals surface area contributed by atoms with E-state index in [1.165, 1.54) is 18.2 Å². The molecule has 0 saturated carbocycles. The zero-order valence-corrected chi connectivity index (χ0v) is 16.6. The van der Waals surface area contributed by atoms with Gasteiger partial charge in [0, 0.05) is 11.8 Å². The molecular formula is C19H17N7O3S. The number of hydrogen-bond donors (Lipinski definition) is 2. The smallest absolute Gasteiger partial charge is 0.238 e. The molecule has 0 spiro atoms. The maximum atomic E-state index is 11.5. The number of fused-ring (bicyclic) bond motifs is 1. The van der Waals surface area contributed by atoms with Crippen LogP contribution in [0.15, 0.2) is 75.9 Å². The molecule has 30 heavy (non-hydrogen) atoms. The summed E-state index contributed by atoms with van der Waals surface area (Å²) in [7, 11) is -2.24. The van der Waals surface area contributed by atoms with E-state index in [1.807, 2.05) is 24.3 Å². The predicted molar refractivity (Wildman–Crippen MR) is 111 cm³/mol. The van der Waals surface area contributed by atoms with Crippen LogP contribution in [0.25, 0.3) is 16.9 Å². The number of sulfonamides is 1. The average Bonchev–Trinajstić information content (AvgIpc) is 3.07. The molecule has 0 bridgehead atoms. The van der Waals surface area contributed by atoms with Crippen LogP contribution in [0.3, 0.4) is 0 Å². The van der Waals surface area contributed by atoms with Crippen molar-refractivity contribution < 1.29 is 13.2 Å². The number of aromatic nitrogens is 3. The second-order valence-corrected chi connectivity index (χ2v) is 7.83. The molecule has 4 aromatic rings. The third kappa shape index (κ3) is 3.71. The fourth-order valence-corrected chi connectivity index (χ4v) is 3.41. The summed E-state index contributed by atoms with van der Waals surface area (Å²) < 4.78 is 29.8. The molecule has 0 unspecified atom stereocenters. The number of rotatable bonds is 5. The lowest BCUT2D eigenvalue weighted by atomic mass is 10.1. The normalized spacial score (nSPS) is 11.9. The predicted octanol–water partition coefficient (Wildman–Crippen LogP) is 3.05. The minimum Gasteiger partial charge on any atom is -0.497 e. The first-order valence-corrected chi connectivity index (χ1v) is 10.2. The molecule has 2 aromatic carbocycles. The number of ether oxygens (including phenoxy) is 1. The van der Waals surface area contributed by atoms with Crippen LogP contribution in [0.2, 0.25) is 0 Å². The van der Waals surface area contributed by atoms with E-state index in [9.17, 15) is 8.42 Å². The summed E-state index contributed by atoms with van der Waals surface area (Å²) in [6.45, 7) is 0. The molecule has 0 aliphatic carbocycles. The lowest BCUT2D eigenvalue weighted by molar-refractivity contribution is 0.415. The fraction of sp³-hybridized carbons (Fsp3) is 0.0526. The molecule has 2 heterocycles. The van der Waals surface area contributed by atoms with Gasteiger partial charge in [0.2, 0.25) is 10.0 Å². The van der Waals surface area contributed by atoms with Crippen molar-refractivity contribution in [3.8, 4) is 17.0 Å². The van der Waals surface area contributed by atoms with Gasteiger partial charge in [-0.15, -0.1) is 10.2 Å². The van der Waals surface area contributed by atoms with Crippen LogP contribution in [-0.4, -0.2) is 30.1 Å². The van der Waals surface area contributed by atoms with Crippen LogP contribution in [-0.2, 0) is 10.0 Å². The molecule has 4 N–H and O–H groups in total. The quantitative estimate of drug-likeness (QED) is 0.471. The van der Waals surface area contributed by atoms with Crippen LogP contribution in [0, 0.1) is 0 Å². The number of nitrogens with two attached hydrogens (primary N) is 2. The summed E-state index contributed by atoms with van der Waals surface area (Å²) in [4.78, 5) is 4.25. The summed E-state index contributed by atoms with van der Waals surface area (Å²) in [5, 5.41) is 17.7. The molecular weight excluding hydrogens is 406 g/mol. The second kappa shape index (κ2) is 7.54. The van der Waals surface area contributed by atoms with E-state index in [1.54, 1.807) is 30.0 Å². The molecule has 10 nitrogen and oxygen atoms in total. The van der Waals surface area contributed by atoms with Gasteiger partial charge >= 0.3 is 0 Å². The first kappa shape index (κ1) is 19.5. The monoisotopic (exact) mass is 423 g/mol. The van der Waals surface area contributed by atoms with Gasteiger partial charge in [0.1, 0.15) is 5.75 Å². The van der Waals surface area contributed by atoms with Gasteiger partial charge in [-0.2, -0.15) is 5.11 Å². The first-order valence-electron chi connectivity index (χ1n) is 8.69. The minimum absolute atomic E-state index is 0.0632. The summed E-state index contributed by atoms with van der Waals surface area (Å²) in [5.74, 6) is 0.870. The number of hydrogen-bond acceptors (Lipinski definition) is 8. The third-order valence-electron chi connectivity index (χ3n) is 4.32. The zero-order valence-electron chi connectivity index (χ0n) is 15.8. The highest BCUT2D eigenvalue weighted by Gasteiger charge is 2.15. The summed E-state index contributed by atoms with van der Waals surface area (Å²) >= 11 is 0. The van der Waals surface area contributed by atoms with Gasteiger partial charge in [-0.25, -0.2) is 23.1 Å². The Morgan fingerprint density at radius 2 is 1.83 bits per heavy atom. The molecule has 2 aromatic heterocycles. The maximum Gasteiger partial charge on any atom is 0.238 e. The third-order valence-corrected chi connectivity index (χ3v) is 5.23. The minimum atomic E-state index is -3.85. The van der Waals surface area contributed by atoms with E-state index in [0.717, 1.165) is 17.0 Å². The molecule has 11 heteroatoms. The molecule has 152 valence electrons. The lowest BCUT2D eigenvalue weighted by Crippen LogP contribution is -2.11. The largest absolute Gasteiger partial charge is 0.497 e. The Bertz CT molecular complexity index is 1360. The van der Waals surface area contributed by atoms with Crippen molar-refractivity contribution in [1.29, 1.82) is 0 Å². The van der Waals surface area contributed by atoms with Crippen LogP contribution >= 0.6 is 0 Å². The topological polar surface area (TPSA) is 150 Å². The highest BCUT2D eigenvalue weighted by atomic mass is 32.2. The Morgan fingerprint density at radius 1 is 1.07 bits per heavy atom. The summed E-state index contributed by atoms with van der Waals surface area (Å²) in [5.41, 5.74) is 8.67. The van der Waals surface area contributed by atoms with E-state index in [2.05, 4.69) is 20.3 Å². The van der Waals surface area contributed by atoms with Crippen molar-refractivity contribution in [3.05, 3.63) is 60.8 Å². The fourth-order valence-electron chi connectivity index (χ4n) is 2.86. The Kier molecular flexibility index (Phi) is 4.90. The Labute approximate surface area is 171 Å². The van der Waals surface area contributed by atoms with Crippen molar-refractivity contribution in [2.24, 2.45) is 15.4 Å². The van der Waals surface area contributed by atoms with E-state index in [0.29, 0.717) is 11.3 Å². The van der Waals surface area contributed by atoms with Gasteiger partial charge < -0.3 is 10.5 Å². The van der Waals surface area contributed by atoms with Crippen LogP contribution in [0.4, 0.5) is 17.2 Å². The average molecular weight is 423 g/mol. The molecule has 0 saturated heterocycles. The van der Waals surface area contributed by atoms with Gasteiger partial charge in [0.05, 0.1) is 23.4 Å². The van der Waals surface area contributed by atoms with E-state index < -0.39 is 10.0 Å². The number of nitrogens with zero attached hydrogens (tertiary/aromatic N) is 5. The number of methoxy groups -OCH3 is 1. The van der Waals surface area contributed by atoms with Crippen LogP contribution in [0.1, 0.15) is 0 Å². The van der Waals surface area contributed by atoms with Gasteiger partial charge in [0.25, 0.3) is 0 Å². The highest BCUT2D eigenvalue weighted by Crippen LogP contribution is 2.31. The summed E-state index contributed by atoms with van der Waals surface area (Å²) in [6, 6.07) is 15.1. The van der Waals surface area contributed by atoms with Crippen molar-refractivity contribution in [2.75, 3.05) is 12.8 Å². The number of azo groups is 1. The van der Waals surface area contributed by atoms with Gasteiger partial charge in [-0.05, 0) is 48.5 Å². The standard InChI is InChI=1S/C19H17N7O3S/c1-29-14-7-5-12(6-8-14)16-9-10-22-19-17(18(20)25-26(16)19)24-23-13-3-2-4-15(11-13)30(21,27)28/h2-11H,1H3,(H2,20,25)(H2,21,27,28). The molecule has 0 amide bonds. The molecule has 0 radical (unpaired) electrons. The first-order chi connectivity index (χ1) is 14.4. The Morgan fingerprint density at radius 3 is 2.53 bits per heavy atom. The number of benzene rings is 2. The van der Waals surface area contributed by atoms with Crippen molar-refractivity contribution >= 4 is 32.9 Å². The molecule has 0 atom stereocenters. The van der Waals surface area contributed by atoms with Crippen LogP contribution < -0.4 is 15.6 Å². The van der Waals surface area contributed by atoms with E-state index >= 15 is 0 Å². The van der Waals surface area contributed by atoms with Crippen molar-refractivity contribution in [3.63, 3.8) is 0 Å². The van der Waals surface area contributed by atoms with Crippen molar-refractivity contribution in [1.82, 2.24) is 14.6 Å².